The fraction of sp³-hybridized carbons (Fsp3) is 0.200. The molecule has 3 aromatic carbocycles. The van der Waals surface area contributed by atoms with Crippen molar-refractivity contribution in [3.8, 4) is 0 Å². The number of allylic oxidation sites excluding steroid dienone is 2. The van der Waals surface area contributed by atoms with Crippen LogP contribution in [-0.4, -0.2) is 5.66 Å². The van der Waals surface area contributed by atoms with Gasteiger partial charge >= 0.3 is 0 Å². The van der Waals surface area contributed by atoms with Crippen LogP contribution in [0.2, 0.25) is 0 Å². The van der Waals surface area contributed by atoms with Gasteiger partial charge in [0.1, 0.15) is 23.2 Å². The summed E-state index contributed by atoms with van der Waals surface area (Å²) in [7, 11) is -1.69. The zero-order valence-electron chi connectivity index (χ0n) is 15.3. The second-order valence-corrected chi connectivity index (χ2v) is 11.2. The summed E-state index contributed by atoms with van der Waals surface area (Å²) >= 11 is 0. The van der Waals surface area contributed by atoms with E-state index in [-0.39, 0.29) is 17.0 Å². The van der Waals surface area contributed by atoms with Gasteiger partial charge in [-0.25, -0.2) is 0 Å². The summed E-state index contributed by atoms with van der Waals surface area (Å²) in [6.07, 6.45) is 7.66. The molecule has 3 unspecified atom stereocenters. The maximum absolute atomic E-state index is 2.52. The second-order valence-electron chi connectivity index (χ2n) is 7.58. The standard InChI is InChI=1S/C25H24P.BrH/c1-4-10-22(11-5-1)26(23-12-6-2-7-13-23,24-14-8-3-9-15-24)25-19-20-16-17-21(25)18-20;/h1-17,20-21,25H,18-19H2;1H/q+1;/p-1. The zero-order valence-corrected chi connectivity index (χ0v) is 17.8. The Kier molecular flexibility index (Phi) is 5.35. The summed E-state index contributed by atoms with van der Waals surface area (Å²) in [6.45, 7) is 0. The van der Waals surface area contributed by atoms with Crippen LogP contribution in [0.3, 0.4) is 0 Å². The predicted octanol–water partition coefficient (Wildman–Crippen LogP) is 1.95. The minimum absolute atomic E-state index is 0. The van der Waals surface area contributed by atoms with Gasteiger partial charge in [0.25, 0.3) is 0 Å². The van der Waals surface area contributed by atoms with E-state index < -0.39 is 7.26 Å². The van der Waals surface area contributed by atoms with Gasteiger partial charge in [0.2, 0.25) is 0 Å². The van der Waals surface area contributed by atoms with E-state index in [1.54, 1.807) is 0 Å². The van der Waals surface area contributed by atoms with Crippen LogP contribution in [0.5, 0.6) is 0 Å². The van der Waals surface area contributed by atoms with Crippen molar-refractivity contribution < 1.29 is 17.0 Å². The van der Waals surface area contributed by atoms with Crippen molar-refractivity contribution in [3.05, 3.63) is 103 Å². The molecule has 0 radical (unpaired) electrons. The molecule has 2 heteroatoms. The van der Waals surface area contributed by atoms with E-state index in [1.807, 2.05) is 0 Å². The highest BCUT2D eigenvalue weighted by Crippen LogP contribution is 2.67. The number of hydrogen-bond acceptors (Lipinski definition) is 0. The number of hydrogen-bond donors (Lipinski definition) is 0. The van der Waals surface area contributed by atoms with Crippen LogP contribution in [0.15, 0.2) is 103 Å². The lowest BCUT2D eigenvalue weighted by molar-refractivity contribution is -0.00000498. The summed E-state index contributed by atoms with van der Waals surface area (Å²) < 4.78 is 0. The average molecular weight is 435 g/mol. The van der Waals surface area contributed by atoms with Gasteiger partial charge in [0, 0.05) is 5.92 Å². The largest absolute Gasteiger partial charge is 1.00 e. The third-order valence-corrected chi connectivity index (χ3v) is 11.2. The van der Waals surface area contributed by atoms with E-state index in [2.05, 4.69) is 103 Å². The van der Waals surface area contributed by atoms with Crippen molar-refractivity contribution >= 4 is 23.2 Å². The van der Waals surface area contributed by atoms with E-state index in [0.717, 1.165) is 5.92 Å². The maximum Gasteiger partial charge on any atom is 0.115 e. The lowest BCUT2D eigenvalue weighted by Crippen LogP contribution is -3.00. The minimum atomic E-state index is -1.69. The molecular weight excluding hydrogens is 411 g/mol. The topological polar surface area (TPSA) is 0 Å². The molecule has 0 aromatic heterocycles. The quantitative estimate of drug-likeness (QED) is 0.434. The fourth-order valence-corrected chi connectivity index (χ4v) is 10.6. The smallest absolute Gasteiger partial charge is 0.115 e. The highest BCUT2D eigenvalue weighted by molar-refractivity contribution is 7.96. The monoisotopic (exact) mass is 434 g/mol. The van der Waals surface area contributed by atoms with Crippen molar-refractivity contribution in [1.82, 2.24) is 0 Å². The molecule has 0 saturated heterocycles. The Morgan fingerprint density at radius 3 is 1.33 bits per heavy atom. The average Bonchev–Trinajstić information content (AvgIpc) is 3.35. The number of fused-ring (bicyclic) bond motifs is 2. The summed E-state index contributed by atoms with van der Waals surface area (Å²) in [4.78, 5) is 0. The Morgan fingerprint density at radius 2 is 1.00 bits per heavy atom. The molecule has 3 atom stereocenters. The summed E-state index contributed by atoms with van der Waals surface area (Å²) in [5.41, 5.74) is 0.713. The molecule has 2 bridgehead atoms. The number of halogens is 1. The first-order valence-corrected chi connectivity index (χ1v) is 11.5. The molecule has 2 aliphatic carbocycles. The van der Waals surface area contributed by atoms with Crippen LogP contribution in [0.25, 0.3) is 0 Å². The van der Waals surface area contributed by atoms with Gasteiger partial charge < -0.3 is 17.0 Å². The van der Waals surface area contributed by atoms with Crippen molar-refractivity contribution in [2.24, 2.45) is 11.8 Å². The number of rotatable bonds is 4. The summed E-state index contributed by atoms with van der Waals surface area (Å²) in [6, 6.07) is 34.0. The molecule has 0 spiro atoms. The van der Waals surface area contributed by atoms with Gasteiger partial charge in [-0.1, -0.05) is 66.7 Å². The van der Waals surface area contributed by atoms with Gasteiger partial charge in [-0.3, -0.25) is 0 Å². The molecule has 27 heavy (non-hydrogen) atoms. The Hall–Kier alpha value is -1.69. The Balaban J connectivity index is 0.00000180. The van der Waals surface area contributed by atoms with Crippen LogP contribution >= 0.6 is 7.26 Å². The molecule has 1 saturated carbocycles. The first-order chi connectivity index (χ1) is 12.9. The highest BCUT2D eigenvalue weighted by Gasteiger charge is 2.58. The molecule has 0 heterocycles. The first kappa shape index (κ1) is 18.7. The van der Waals surface area contributed by atoms with Crippen LogP contribution in [0, 0.1) is 11.8 Å². The van der Waals surface area contributed by atoms with E-state index >= 15 is 0 Å². The Bertz CT molecular complexity index is 808. The second kappa shape index (κ2) is 7.74. The van der Waals surface area contributed by atoms with Gasteiger partial charge in [-0.15, -0.1) is 0 Å². The minimum Gasteiger partial charge on any atom is -1.00 e. The lowest BCUT2D eigenvalue weighted by Gasteiger charge is -2.36. The third kappa shape index (κ3) is 3.02. The molecule has 0 nitrogen and oxygen atoms in total. The van der Waals surface area contributed by atoms with Crippen molar-refractivity contribution in [1.29, 1.82) is 0 Å². The van der Waals surface area contributed by atoms with Crippen LogP contribution in [0.1, 0.15) is 12.8 Å². The molecule has 0 N–H and O–H groups in total. The van der Waals surface area contributed by atoms with E-state index in [0.29, 0.717) is 11.6 Å². The van der Waals surface area contributed by atoms with Crippen molar-refractivity contribution in [3.63, 3.8) is 0 Å². The van der Waals surface area contributed by atoms with Gasteiger partial charge in [-0.05, 0) is 55.2 Å². The first-order valence-electron chi connectivity index (χ1n) is 9.63. The number of benzene rings is 3. The van der Waals surface area contributed by atoms with E-state index in [9.17, 15) is 0 Å². The summed E-state index contributed by atoms with van der Waals surface area (Å²) in [5, 5.41) is 4.59. The normalized spacial score (nSPS) is 23.2. The van der Waals surface area contributed by atoms with Crippen LogP contribution < -0.4 is 32.9 Å². The van der Waals surface area contributed by atoms with Crippen molar-refractivity contribution in [2.75, 3.05) is 0 Å². The predicted molar refractivity (Wildman–Crippen MR) is 114 cm³/mol. The zero-order chi connectivity index (χ0) is 17.4. The molecule has 5 rings (SSSR count). The molecule has 136 valence electrons. The lowest BCUT2D eigenvalue weighted by atomic mass is 10.1. The van der Waals surface area contributed by atoms with E-state index in [1.165, 1.54) is 28.8 Å². The van der Waals surface area contributed by atoms with Gasteiger partial charge in [0.15, 0.2) is 0 Å². The molecule has 2 aliphatic rings. The molecule has 3 aromatic rings. The fourth-order valence-electron chi connectivity index (χ4n) is 5.21. The van der Waals surface area contributed by atoms with Crippen LogP contribution in [-0.2, 0) is 0 Å². The third-order valence-electron chi connectivity index (χ3n) is 6.23. The van der Waals surface area contributed by atoms with Gasteiger partial charge in [-0.2, -0.15) is 0 Å². The molecule has 1 fully saturated rings. The van der Waals surface area contributed by atoms with Crippen LogP contribution in [0.4, 0.5) is 0 Å². The molecular formula is C25H24BrP. The van der Waals surface area contributed by atoms with Crippen molar-refractivity contribution in [2.45, 2.75) is 18.5 Å². The summed E-state index contributed by atoms with van der Waals surface area (Å²) in [5.74, 6) is 1.49. The molecule has 0 aliphatic heterocycles. The maximum atomic E-state index is 2.52. The van der Waals surface area contributed by atoms with E-state index in [4.69, 9.17) is 0 Å². The molecule has 0 amide bonds. The SMILES string of the molecule is C1=CC2CC1CC2[P+](c1ccccc1)(c1ccccc1)c1ccccc1.[Br-]. The Morgan fingerprint density at radius 1 is 0.556 bits per heavy atom. The van der Waals surface area contributed by atoms with Gasteiger partial charge in [0.05, 0.1) is 5.66 Å². The highest BCUT2D eigenvalue weighted by atomic mass is 79.9. The Labute approximate surface area is 173 Å².